The molecular formula is C13H22ClN5O. The number of anilines is 1. The first-order chi connectivity index (χ1) is 9.71. The summed E-state index contributed by atoms with van der Waals surface area (Å²) in [5.41, 5.74) is 0. The van der Waals surface area contributed by atoms with Gasteiger partial charge in [-0.15, -0.1) is 0 Å². The molecule has 2 rings (SSSR count). The largest absolute Gasteiger partial charge is 0.464 e. The van der Waals surface area contributed by atoms with Crippen LogP contribution in [0.15, 0.2) is 0 Å². The number of halogens is 1. The van der Waals surface area contributed by atoms with Gasteiger partial charge in [0.15, 0.2) is 0 Å². The van der Waals surface area contributed by atoms with Crippen molar-refractivity contribution >= 4 is 17.5 Å². The van der Waals surface area contributed by atoms with Crippen LogP contribution in [-0.4, -0.2) is 52.1 Å². The Hall–Kier alpha value is -1.14. The summed E-state index contributed by atoms with van der Waals surface area (Å²) in [6, 6.07) is 0.662. The summed E-state index contributed by atoms with van der Waals surface area (Å²) in [5.74, 6) is 0.502. The normalized spacial score (nSPS) is 17.1. The van der Waals surface area contributed by atoms with Gasteiger partial charge in [0.05, 0.1) is 6.61 Å². The Labute approximate surface area is 124 Å². The van der Waals surface area contributed by atoms with E-state index in [2.05, 4.69) is 32.1 Å². The van der Waals surface area contributed by atoms with Gasteiger partial charge >= 0.3 is 6.01 Å². The lowest BCUT2D eigenvalue weighted by Gasteiger charge is -2.32. The standard InChI is InChI=1S/C13H22ClN5O/c1-3-7-19-8-5-10(6-9-19)15-12-16-11(14)17-13(18-12)20-4-2/h10H,3-9H2,1-2H3,(H,15,16,17,18). The number of likely N-dealkylation sites (tertiary alicyclic amines) is 1. The van der Waals surface area contributed by atoms with Crippen LogP contribution in [0.1, 0.15) is 33.1 Å². The fourth-order valence-corrected chi connectivity index (χ4v) is 2.54. The molecule has 112 valence electrons. The maximum Gasteiger partial charge on any atom is 0.322 e. The fraction of sp³-hybridized carbons (Fsp3) is 0.769. The predicted octanol–water partition coefficient (Wildman–Crippen LogP) is 2.21. The Morgan fingerprint density at radius 3 is 2.65 bits per heavy atom. The molecule has 1 aromatic heterocycles. The first-order valence-electron chi connectivity index (χ1n) is 7.24. The highest BCUT2D eigenvalue weighted by Gasteiger charge is 2.19. The number of nitrogens with zero attached hydrogens (tertiary/aromatic N) is 4. The van der Waals surface area contributed by atoms with Crippen LogP contribution in [0.5, 0.6) is 6.01 Å². The Morgan fingerprint density at radius 1 is 1.25 bits per heavy atom. The maximum absolute atomic E-state index is 5.88. The predicted molar refractivity (Wildman–Crippen MR) is 79.4 cm³/mol. The first kappa shape index (κ1) is 15.3. The van der Waals surface area contributed by atoms with Crippen LogP contribution in [0.3, 0.4) is 0 Å². The second-order valence-corrected chi connectivity index (χ2v) is 5.24. The molecule has 1 saturated heterocycles. The lowest BCUT2D eigenvalue weighted by molar-refractivity contribution is 0.219. The smallest absolute Gasteiger partial charge is 0.322 e. The van der Waals surface area contributed by atoms with Crippen molar-refractivity contribution in [3.8, 4) is 6.01 Å². The fourth-order valence-electron chi connectivity index (χ4n) is 2.39. The van der Waals surface area contributed by atoms with Gasteiger partial charge in [0.25, 0.3) is 0 Å². The van der Waals surface area contributed by atoms with Crippen molar-refractivity contribution in [3.05, 3.63) is 5.28 Å². The Balaban J connectivity index is 1.90. The van der Waals surface area contributed by atoms with Crippen LogP contribution in [0, 0.1) is 0 Å². The van der Waals surface area contributed by atoms with Crippen molar-refractivity contribution in [1.29, 1.82) is 0 Å². The number of ether oxygens (including phenoxy) is 1. The molecule has 2 heterocycles. The van der Waals surface area contributed by atoms with Gasteiger partial charge in [0, 0.05) is 19.1 Å². The molecule has 0 amide bonds. The van der Waals surface area contributed by atoms with Gasteiger partial charge in [-0.1, -0.05) is 6.92 Å². The van der Waals surface area contributed by atoms with Crippen molar-refractivity contribution in [2.45, 2.75) is 39.2 Å². The third-order valence-electron chi connectivity index (χ3n) is 3.32. The van der Waals surface area contributed by atoms with E-state index in [-0.39, 0.29) is 11.3 Å². The third-order valence-corrected chi connectivity index (χ3v) is 3.49. The van der Waals surface area contributed by atoms with Gasteiger partial charge in [-0.3, -0.25) is 0 Å². The van der Waals surface area contributed by atoms with E-state index in [0.29, 0.717) is 18.6 Å². The van der Waals surface area contributed by atoms with Crippen LogP contribution < -0.4 is 10.1 Å². The lowest BCUT2D eigenvalue weighted by Crippen LogP contribution is -2.39. The zero-order chi connectivity index (χ0) is 14.4. The van der Waals surface area contributed by atoms with Crippen LogP contribution >= 0.6 is 11.6 Å². The van der Waals surface area contributed by atoms with Crippen LogP contribution in [-0.2, 0) is 0 Å². The van der Waals surface area contributed by atoms with E-state index in [9.17, 15) is 0 Å². The molecule has 1 aromatic rings. The highest BCUT2D eigenvalue weighted by Crippen LogP contribution is 2.17. The summed E-state index contributed by atoms with van der Waals surface area (Å²) in [6.07, 6.45) is 3.39. The highest BCUT2D eigenvalue weighted by molar-refractivity contribution is 6.28. The molecule has 1 aliphatic heterocycles. The van der Waals surface area contributed by atoms with Crippen molar-refractivity contribution in [2.75, 3.05) is 31.6 Å². The van der Waals surface area contributed by atoms with Gasteiger partial charge in [-0.25, -0.2) is 0 Å². The summed E-state index contributed by atoms with van der Waals surface area (Å²) in [6.45, 7) is 8.01. The van der Waals surface area contributed by atoms with E-state index < -0.39 is 0 Å². The summed E-state index contributed by atoms with van der Waals surface area (Å²) in [5, 5.41) is 3.49. The molecule has 0 radical (unpaired) electrons. The second kappa shape index (κ2) is 7.59. The Kier molecular flexibility index (Phi) is 5.79. The van der Waals surface area contributed by atoms with Crippen LogP contribution in [0.2, 0.25) is 5.28 Å². The minimum atomic E-state index is 0.161. The first-order valence-corrected chi connectivity index (χ1v) is 7.62. The summed E-state index contributed by atoms with van der Waals surface area (Å²) >= 11 is 5.88. The van der Waals surface area contributed by atoms with E-state index in [4.69, 9.17) is 16.3 Å². The van der Waals surface area contributed by atoms with E-state index in [1.807, 2.05) is 6.92 Å². The average molecular weight is 300 g/mol. The summed E-state index contributed by atoms with van der Waals surface area (Å²) in [7, 11) is 0. The molecule has 0 spiro atoms. The molecule has 0 unspecified atom stereocenters. The molecule has 1 aliphatic rings. The Morgan fingerprint density at radius 2 is 2.00 bits per heavy atom. The van der Waals surface area contributed by atoms with Crippen molar-refractivity contribution in [2.24, 2.45) is 0 Å². The summed E-state index contributed by atoms with van der Waals surface area (Å²) < 4.78 is 5.27. The number of hydrogen-bond acceptors (Lipinski definition) is 6. The van der Waals surface area contributed by atoms with E-state index >= 15 is 0 Å². The van der Waals surface area contributed by atoms with Crippen molar-refractivity contribution in [3.63, 3.8) is 0 Å². The van der Waals surface area contributed by atoms with Gasteiger partial charge in [-0.05, 0) is 44.3 Å². The Bertz CT molecular complexity index is 423. The minimum Gasteiger partial charge on any atom is -0.464 e. The zero-order valence-corrected chi connectivity index (χ0v) is 12.9. The monoisotopic (exact) mass is 299 g/mol. The molecular weight excluding hydrogens is 278 g/mol. The molecule has 0 atom stereocenters. The third kappa shape index (κ3) is 4.45. The SMILES string of the molecule is CCCN1CCC(Nc2nc(Cl)nc(OCC)n2)CC1. The quantitative estimate of drug-likeness (QED) is 0.869. The van der Waals surface area contributed by atoms with Crippen LogP contribution in [0.25, 0.3) is 0 Å². The molecule has 7 heteroatoms. The maximum atomic E-state index is 5.88. The van der Waals surface area contributed by atoms with Gasteiger partial charge in [-0.2, -0.15) is 15.0 Å². The van der Waals surface area contributed by atoms with Gasteiger partial charge in [0.2, 0.25) is 11.2 Å². The number of rotatable bonds is 6. The van der Waals surface area contributed by atoms with Crippen LogP contribution in [0.4, 0.5) is 5.95 Å². The lowest BCUT2D eigenvalue weighted by atomic mass is 10.1. The molecule has 6 nitrogen and oxygen atoms in total. The van der Waals surface area contributed by atoms with E-state index in [0.717, 1.165) is 25.9 Å². The van der Waals surface area contributed by atoms with Gasteiger partial charge in [0.1, 0.15) is 0 Å². The molecule has 0 saturated carbocycles. The average Bonchev–Trinajstić information content (AvgIpc) is 2.41. The number of nitrogens with one attached hydrogen (secondary N) is 1. The highest BCUT2D eigenvalue weighted by atomic mass is 35.5. The van der Waals surface area contributed by atoms with Crippen molar-refractivity contribution < 1.29 is 4.74 Å². The molecule has 0 aliphatic carbocycles. The summed E-state index contributed by atoms with van der Waals surface area (Å²) in [4.78, 5) is 14.7. The van der Waals surface area contributed by atoms with E-state index in [1.165, 1.54) is 13.0 Å². The van der Waals surface area contributed by atoms with Gasteiger partial charge < -0.3 is 15.0 Å². The van der Waals surface area contributed by atoms with Crippen molar-refractivity contribution in [1.82, 2.24) is 19.9 Å². The minimum absolute atomic E-state index is 0.161. The second-order valence-electron chi connectivity index (χ2n) is 4.90. The number of piperidine rings is 1. The zero-order valence-electron chi connectivity index (χ0n) is 12.1. The van der Waals surface area contributed by atoms with E-state index in [1.54, 1.807) is 0 Å². The molecule has 20 heavy (non-hydrogen) atoms. The molecule has 1 fully saturated rings. The number of hydrogen-bond donors (Lipinski definition) is 1. The topological polar surface area (TPSA) is 63.2 Å². The molecule has 0 bridgehead atoms. The molecule has 1 N–H and O–H groups in total. The molecule has 0 aromatic carbocycles. The number of aromatic nitrogens is 3.